The first kappa shape index (κ1) is 13.6. The lowest BCUT2D eigenvalue weighted by molar-refractivity contribution is 0.410. The molecule has 0 aliphatic heterocycles. The lowest BCUT2D eigenvalue weighted by atomic mass is 9.94. The number of hydrogen-bond donors (Lipinski definition) is 1. The molecule has 2 unspecified atom stereocenters. The monoisotopic (exact) mass is 263 g/mol. The topological polar surface area (TPSA) is 12.0 Å². The van der Waals surface area contributed by atoms with E-state index in [1.807, 2.05) is 12.1 Å². The third kappa shape index (κ3) is 4.47. The maximum atomic E-state index is 5.89. The smallest absolute Gasteiger partial charge is 0.0406 e. The molecular weight excluding hydrogens is 242 g/mol. The first-order chi connectivity index (χ1) is 8.74. The molecule has 0 fully saturated rings. The van der Waals surface area contributed by atoms with Crippen LogP contribution in [0.2, 0.25) is 5.02 Å². The molecule has 1 nitrogen and oxygen atoms in total. The van der Waals surface area contributed by atoms with E-state index in [2.05, 4.69) is 36.5 Å². The normalized spacial score (nSPS) is 20.9. The van der Waals surface area contributed by atoms with Gasteiger partial charge in [0.25, 0.3) is 0 Å². The van der Waals surface area contributed by atoms with Gasteiger partial charge in [-0.3, -0.25) is 0 Å². The van der Waals surface area contributed by atoms with Crippen molar-refractivity contribution in [3.8, 4) is 0 Å². The van der Waals surface area contributed by atoms with Gasteiger partial charge in [0.15, 0.2) is 0 Å². The molecule has 0 radical (unpaired) electrons. The Morgan fingerprint density at radius 2 is 2.06 bits per heavy atom. The minimum Gasteiger partial charge on any atom is -0.314 e. The predicted molar refractivity (Wildman–Crippen MR) is 79.1 cm³/mol. The summed E-state index contributed by atoms with van der Waals surface area (Å²) in [7, 11) is 0. The van der Waals surface area contributed by atoms with Crippen LogP contribution in [0.1, 0.15) is 31.7 Å². The van der Waals surface area contributed by atoms with Gasteiger partial charge in [-0.05, 0) is 62.8 Å². The van der Waals surface area contributed by atoms with Gasteiger partial charge in [-0.2, -0.15) is 0 Å². The molecule has 1 aliphatic rings. The Morgan fingerprint density at radius 1 is 1.28 bits per heavy atom. The highest BCUT2D eigenvalue weighted by atomic mass is 35.5. The van der Waals surface area contributed by atoms with Crippen molar-refractivity contribution in [3.05, 3.63) is 47.0 Å². The first-order valence-electron chi connectivity index (χ1n) is 6.87. The fraction of sp³-hybridized carbons (Fsp3) is 0.500. The molecule has 1 aromatic rings. The number of allylic oxidation sites excluding steroid dienone is 2. The van der Waals surface area contributed by atoms with Crippen molar-refractivity contribution >= 4 is 11.6 Å². The van der Waals surface area contributed by atoms with Gasteiger partial charge in [0.2, 0.25) is 0 Å². The SMILES string of the molecule is CC(Cc1ccc(Cl)cc1)NCC1CC=CCC1. The summed E-state index contributed by atoms with van der Waals surface area (Å²) in [6.07, 6.45) is 9.50. The second-order valence-corrected chi connectivity index (χ2v) is 5.73. The van der Waals surface area contributed by atoms with Gasteiger partial charge in [-0.25, -0.2) is 0 Å². The number of benzene rings is 1. The van der Waals surface area contributed by atoms with Crippen LogP contribution in [0.4, 0.5) is 0 Å². The average molecular weight is 264 g/mol. The van der Waals surface area contributed by atoms with E-state index in [1.165, 1.54) is 24.8 Å². The summed E-state index contributed by atoms with van der Waals surface area (Å²) < 4.78 is 0. The maximum absolute atomic E-state index is 5.89. The highest BCUT2D eigenvalue weighted by Gasteiger charge is 2.11. The van der Waals surface area contributed by atoms with Crippen LogP contribution in [0, 0.1) is 5.92 Å². The van der Waals surface area contributed by atoms with Crippen LogP contribution in [0.3, 0.4) is 0 Å². The Balaban J connectivity index is 1.73. The van der Waals surface area contributed by atoms with Crippen LogP contribution in [-0.4, -0.2) is 12.6 Å². The summed E-state index contributed by atoms with van der Waals surface area (Å²) >= 11 is 5.89. The molecular formula is C16H22ClN. The summed E-state index contributed by atoms with van der Waals surface area (Å²) in [6.45, 7) is 3.40. The molecule has 1 aliphatic carbocycles. The second-order valence-electron chi connectivity index (χ2n) is 5.29. The molecule has 1 N–H and O–H groups in total. The largest absolute Gasteiger partial charge is 0.314 e. The highest BCUT2D eigenvalue weighted by molar-refractivity contribution is 6.30. The zero-order chi connectivity index (χ0) is 12.8. The third-order valence-electron chi connectivity index (χ3n) is 3.59. The van der Waals surface area contributed by atoms with Crippen molar-refractivity contribution in [2.75, 3.05) is 6.54 Å². The molecule has 0 saturated carbocycles. The summed E-state index contributed by atoms with van der Waals surface area (Å²) in [4.78, 5) is 0. The summed E-state index contributed by atoms with van der Waals surface area (Å²) in [5.74, 6) is 0.822. The standard InChI is InChI=1S/C16H22ClN/c1-13(11-14-7-9-16(17)10-8-14)18-12-15-5-3-2-4-6-15/h2-3,7-10,13,15,18H,4-6,11-12H2,1H3. The van der Waals surface area contributed by atoms with Crippen molar-refractivity contribution in [2.24, 2.45) is 5.92 Å². The molecule has 0 heterocycles. The first-order valence-corrected chi connectivity index (χ1v) is 7.24. The van der Waals surface area contributed by atoms with E-state index in [0.29, 0.717) is 6.04 Å². The van der Waals surface area contributed by atoms with Crippen LogP contribution >= 0.6 is 11.6 Å². The molecule has 2 heteroatoms. The van der Waals surface area contributed by atoms with E-state index in [1.54, 1.807) is 0 Å². The lowest BCUT2D eigenvalue weighted by Gasteiger charge is -2.21. The van der Waals surface area contributed by atoms with E-state index in [9.17, 15) is 0 Å². The van der Waals surface area contributed by atoms with Gasteiger partial charge >= 0.3 is 0 Å². The number of nitrogens with one attached hydrogen (secondary N) is 1. The van der Waals surface area contributed by atoms with E-state index in [4.69, 9.17) is 11.6 Å². The quantitative estimate of drug-likeness (QED) is 0.785. The fourth-order valence-electron chi connectivity index (χ4n) is 2.46. The van der Waals surface area contributed by atoms with Crippen molar-refractivity contribution in [1.29, 1.82) is 0 Å². The molecule has 0 bridgehead atoms. The molecule has 0 aromatic heterocycles. The van der Waals surface area contributed by atoms with Gasteiger partial charge in [-0.15, -0.1) is 0 Å². The Bertz CT molecular complexity index is 383. The molecule has 1 aromatic carbocycles. The Labute approximate surface area is 115 Å². The van der Waals surface area contributed by atoms with E-state index in [0.717, 1.165) is 23.9 Å². The Kier molecular flexibility index (Phi) is 5.27. The van der Waals surface area contributed by atoms with Gasteiger partial charge in [0.05, 0.1) is 0 Å². The Hall–Kier alpha value is -0.790. The number of hydrogen-bond acceptors (Lipinski definition) is 1. The van der Waals surface area contributed by atoms with Gasteiger partial charge in [0.1, 0.15) is 0 Å². The third-order valence-corrected chi connectivity index (χ3v) is 3.84. The van der Waals surface area contributed by atoms with Crippen molar-refractivity contribution < 1.29 is 0 Å². The van der Waals surface area contributed by atoms with Crippen LogP contribution in [0.25, 0.3) is 0 Å². The maximum Gasteiger partial charge on any atom is 0.0406 e. The summed E-state index contributed by atoms with van der Waals surface area (Å²) in [6, 6.07) is 8.69. The predicted octanol–water partition coefficient (Wildman–Crippen LogP) is 4.22. The van der Waals surface area contributed by atoms with Crippen LogP contribution in [0.5, 0.6) is 0 Å². The van der Waals surface area contributed by atoms with Gasteiger partial charge < -0.3 is 5.32 Å². The zero-order valence-corrected chi connectivity index (χ0v) is 11.8. The molecule has 2 rings (SSSR count). The molecule has 18 heavy (non-hydrogen) atoms. The van der Waals surface area contributed by atoms with E-state index >= 15 is 0 Å². The molecule has 0 spiro atoms. The molecule has 0 saturated heterocycles. The van der Waals surface area contributed by atoms with E-state index in [-0.39, 0.29) is 0 Å². The minimum atomic E-state index is 0.525. The van der Waals surface area contributed by atoms with Crippen molar-refractivity contribution in [3.63, 3.8) is 0 Å². The average Bonchev–Trinajstić information content (AvgIpc) is 2.40. The second kappa shape index (κ2) is 6.96. The van der Waals surface area contributed by atoms with Gasteiger partial charge in [0, 0.05) is 11.1 Å². The van der Waals surface area contributed by atoms with Crippen LogP contribution in [-0.2, 0) is 6.42 Å². The van der Waals surface area contributed by atoms with Crippen LogP contribution < -0.4 is 5.32 Å². The van der Waals surface area contributed by atoms with E-state index < -0.39 is 0 Å². The summed E-state index contributed by atoms with van der Waals surface area (Å²) in [5, 5.41) is 4.46. The number of halogens is 1. The summed E-state index contributed by atoms with van der Waals surface area (Å²) in [5.41, 5.74) is 1.35. The minimum absolute atomic E-state index is 0.525. The number of rotatable bonds is 5. The zero-order valence-electron chi connectivity index (χ0n) is 11.0. The van der Waals surface area contributed by atoms with Crippen LogP contribution in [0.15, 0.2) is 36.4 Å². The lowest BCUT2D eigenvalue weighted by Crippen LogP contribution is -2.33. The van der Waals surface area contributed by atoms with Crippen molar-refractivity contribution in [1.82, 2.24) is 5.32 Å². The Morgan fingerprint density at radius 3 is 2.72 bits per heavy atom. The molecule has 2 atom stereocenters. The molecule has 0 amide bonds. The van der Waals surface area contributed by atoms with Gasteiger partial charge in [-0.1, -0.05) is 35.9 Å². The fourth-order valence-corrected chi connectivity index (χ4v) is 2.58. The molecule has 98 valence electrons. The highest BCUT2D eigenvalue weighted by Crippen LogP contribution is 2.17. The van der Waals surface area contributed by atoms with Crippen molar-refractivity contribution in [2.45, 2.75) is 38.6 Å².